The largest absolute Gasteiger partial charge is 0.495 e. The minimum absolute atomic E-state index is 0.323. The van der Waals surface area contributed by atoms with Crippen molar-refractivity contribution in [2.45, 2.75) is 12.8 Å². The zero-order chi connectivity index (χ0) is 18.5. The standard InChI is InChI=1S/C19H20ClN3O3/c1-25-16-10-9-13(12-14(16)20)22-19(24)23(18-8-5-11-21-18)15-6-3-4-7-17(15)26-2/h3-4,6-7,9-10,12H,5,8,11H2,1-2H3,(H,22,24). The molecule has 2 amide bonds. The summed E-state index contributed by atoms with van der Waals surface area (Å²) in [5, 5.41) is 3.29. The second-order valence-corrected chi connectivity index (χ2v) is 6.10. The van der Waals surface area contributed by atoms with Crippen LogP contribution in [0.3, 0.4) is 0 Å². The number of hydrogen-bond acceptors (Lipinski definition) is 4. The number of nitrogens with zero attached hydrogens (tertiary/aromatic N) is 2. The van der Waals surface area contributed by atoms with Crippen LogP contribution in [-0.2, 0) is 0 Å². The van der Waals surface area contributed by atoms with E-state index in [4.69, 9.17) is 21.1 Å². The number of urea groups is 1. The van der Waals surface area contributed by atoms with E-state index in [0.29, 0.717) is 40.3 Å². The van der Waals surface area contributed by atoms with E-state index in [-0.39, 0.29) is 6.03 Å². The highest BCUT2D eigenvalue weighted by atomic mass is 35.5. The van der Waals surface area contributed by atoms with Crippen LogP contribution in [0.4, 0.5) is 16.2 Å². The Hall–Kier alpha value is -2.73. The van der Waals surface area contributed by atoms with Gasteiger partial charge in [-0.3, -0.25) is 4.99 Å². The zero-order valence-electron chi connectivity index (χ0n) is 14.7. The summed E-state index contributed by atoms with van der Waals surface area (Å²) in [4.78, 5) is 19.1. The van der Waals surface area contributed by atoms with Crippen molar-refractivity contribution in [3.8, 4) is 11.5 Å². The first kappa shape index (κ1) is 18.1. The summed E-state index contributed by atoms with van der Waals surface area (Å²) in [6.07, 6.45) is 1.65. The predicted molar refractivity (Wildman–Crippen MR) is 104 cm³/mol. The number of ether oxygens (including phenoxy) is 2. The number of amides is 2. The van der Waals surface area contributed by atoms with Crippen molar-refractivity contribution < 1.29 is 14.3 Å². The van der Waals surface area contributed by atoms with E-state index in [2.05, 4.69) is 10.3 Å². The van der Waals surface area contributed by atoms with Gasteiger partial charge < -0.3 is 14.8 Å². The fourth-order valence-corrected chi connectivity index (χ4v) is 3.07. The molecule has 1 aliphatic rings. The molecule has 3 rings (SSSR count). The fourth-order valence-electron chi connectivity index (χ4n) is 2.81. The van der Waals surface area contributed by atoms with Crippen LogP contribution in [0.1, 0.15) is 12.8 Å². The van der Waals surface area contributed by atoms with Gasteiger partial charge in [0, 0.05) is 18.7 Å². The normalized spacial score (nSPS) is 13.1. The molecule has 0 saturated carbocycles. The summed E-state index contributed by atoms with van der Waals surface area (Å²) in [6, 6.07) is 12.1. The SMILES string of the molecule is COc1ccc(NC(=O)N(C2=NCCC2)c2ccccc2OC)cc1Cl. The molecule has 2 aromatic carbocycles. The highest BCUT2D eigenvalue weighted by molar-refractivity contribution is 6.32. The third-order valence-electron chi connectivity index (χ3n) is 4.04. The highest BCUT2D eigenvalue weighted by Crippen LogP contribution is 2.31. The van der Waals surface area contributed by atoms with Crippen molar-refractivity contribution in [1.82, 2.24) is 0 Å². The van der Waals surface area contributed by atoms with Gasteiger partial charge in [-0.1, -0.05) is 23.7 Å². The van der Waals surface area contributed by atoms with Crippen molar-refractivity contribution in [2.75, 3.05) is 31.0 Å². The number of nitrogens with one attached hydrogen (secondary N) is 1. The maximum atomic E-state index is 13.0. The van der Waals surface area contributed by atoms with Gasteiger partial charge in [0.25, 0.3) is 0 Å². The van der Waals surface area contributed by atoms with Crippen LogP contribution < -0.4 is 19.7 Å². The highest BCUT2D eigenvalue weighted by Gasteiger charge is 2.26. The number of para-hydroxylation sites is 2. The molecule has 7 heteroatoms. The molecule has 6 nitrogen and oxygen atoms in total. The predicted octanol–water partition coefficient (Wildman–Crippen LogP) is 4.59. The number of methoxy groups -OCH3 is 2. The van der Waals surface area contributed by atoms with E-state index in [1.807, 2.05) is 24.3 Å². The second kappa shape index (κ2) is 8.10. The van der Waals surface area contributed by atoms with Gasteiger partial charge in [0.2, 0.25) is 0 Å². The smallest absolute Gasteiger partial charge is 0.332 e. The third-order valence-corrected chi connectivity index (χ3v) is 4.34. The quantitative estimate of drug-likeness (QED) is 0.852. The minimum Gasteiger partial charge on any atom is -0.495 e. The number of amidine groups is 1. The Kier molecular flexibility index (Phi) is 5.63. The summed E-state index contributed by atoms with van der Waals surface area (Å²) < 4.78 is 10.6. The monoisotopic (exact) mass is 373 g/mol. The lowest BCUT2D eigenvalue weighted by atomic mass is 10.2. The maximum absolute atomic E-state index is 13.0. The lowest BCUT2D eigenvalue weighted by molar-refractivity contribution is 0.259. The number of anilines is 2. The van der Waals surface area contributed by atoms with Crippen molar-refractivity contribution in [3.63, 3.8) is 0 Å². The Morgan fingerprint density at radius 2 is 1.92 bits per heavy atom. The summed E-state index contributed by atoms with van der Waals surface area (Å²) in [5.41, 5.74) is 1.21. The zero-order valence-corrected chi connectivity index (χ0v) is 15.4. The average molecular weight is 374 g/mol. The summed E-state index contributed by atoms with van der Waals surface area (Å²) in [6.45, 7) is 0.711. The maximum Gasteiger partial charge on any atom is 0.332 e. The van der Waals surface area contributed by atoms with Crippen LogP contribution in [0.25, 0.3) is 0 Å². The van der Waals surface area contributed by atoms with Crippen LogP contribution in [0.5, 0.6) is 11.5 Å². The van der Waals surface area contributed by atoms with Crippen LogP contribution >= 0.6 is 11.6 Å². The van der Waals surface area contributed by atoms with Crippen LogP contribution in [0.15, 0.2) is 47.5 Å². The molecule has 26 heavy (non-hydrogen) atoms. The number of rotatable bonds is 4. The Bertz CT molecular complexity index is 839. The lowest BCUT2D eigenvalue weighted by Crippen LogP contribution is -2.39. The van der Waals surface area contributed by atoms with Crippen LogP contribution in [-0.4, -0.2) is 32.6 Å². The molecule has 136 valence electrons. The molecule has 1 N–H and O–H groups in total. The van der Waals surface area contributed by atoms with Gasteiger partial charge in [0.05, 0.1) is 24.9 Å². The van der Waals surface area contributed by atoms with Crippen molar-refractivity contribution in [2.24, 2.45) is 4.99 Å². The molecule has 1 aliphatic heterocycles. The Morgan fingerprint density at radius 3 is 2.58 bits per heavy atom. The third kappa shape index (κ3) is 3.75. The molecule has 0 saturated heterocycles. The number of hydrogen-bond donors (Lipinski definition) is 1. The molecule has 1 heterocycles. The molecule has 0 aromatic heterocycles. The molecule has 0 bridgehead atoms. The van der Waals surface area contributed by atoms with Crippen LogP contribution in [0.2, 0.25) is 5.02 Å². The molecule has 0 aliphatic carbocycles. The molecule has 0 atom stereocenters. The minimum atomic E-state index is -0.323. The Morgan fingerprint density at radius 1 is 1.15 bits per heavy atom. The number of carbonyl (C=O) groups is 1. The van der Waals surface area contributed by atoms with E-state index in [0.717, 1.165) is 12.8 Å². The van der Waals surface area contributed by atoms with Crippen LogP contribution in [0, 0.1) is 0 Å². The van der Waals surface area contributed by atoms with E-state index in [1.54, 1.807) is 37.3 Å². The number of carbonyl (C=O) groups excluding carboxylic acids is 1. The molecule has 0 radical (unpaired) electrons. The molecule has 0 unspecified atom stereocenters. The van der Waals surface area contributed by atoms with Crippen molar-refractivity contribution in [3.05, 3.63) is 47.5 Å². The van der Waals surface area contributed by atoms with Crippen molar-refractivity contribution in [1.29, 1.82) is 0 Å². The first-order valence-corrected chi connectivity index (χ1v) is 8.63. The van der Waals surface area contributed by atoms with Gasteiger partial charge in [-0.15, -0.1) is 0 Å². The average Bonchev–Trinajstić information content (AvgIpc) is 3.16. The van der Waals surface area contributed by atoms with Gasteiger partial charge in [-0.2, -0.15) is 0 Å². The van der Waals surface area contributed by atoms with Gasteiger partial charge in [-0.25, -0.2) is 9.69 Å². The number of aliphatic imine (C=N–C) groups is 1. The number of halogens is 1. The van der Waals surface area contributed by atoms with Gasteiger partial charge in [0.1, 0.15) is 17.3 Å². The number of benzene rings is 2. The first-order valence-electron chi connectivity index (χ1n) is 8.25. The second-order valence-electron chi connectivity index (χ2n) is 5.69. The van der Waals surface area contributed by atoms with E-state index < -0.39 is 0 Å². The van der Waals surface area contributed by atoms with Gasteiger partial charge in [-0.05, 0) is 36.8 Å². The van der Waals surface area contributed by atoms with Gasteiger partial charge >= 0.3 is 6.03 Å². The van der Waals surface area contributed by atoms with Crippen molar-refractivity contribution >= 4 is 34.8 Å². The molecular formula is C19H20ClN3O3. The topological polar surface area (TPSA) is 63.2 Å². The molecular weight excluding hydrogens is 354 g/mol. The first-order chi connectivity index (χ1) is 12.6. The molecule has 2 aromatic rings. The lowest BCUT2D eigenvalue weighted by Gasteiger charge is -2.25. The summed E-state index contributed by atoms with van der Waals surface area (Å²) >= 11 is 6.15. The summed E-state index contributed by atoms with van der Waals surface area (Å²) in [5.74, 6) is 1.86. The van der Waals surface area contributed by atoms with E-state index in [9.17, 15) is 4.79 Å². The fraction of sp³-hybridized carbons (Fsp3) is 0.263. The van der Waals surface area contributed by atoms with E-state index >= 15 is 0 Å². The molecule has 0 fully saturated rings. The Labute approximate surface area is 157 Å². The van der Waals surface area contributed by atoms with E-state index in [1.165, 1.54) is 0 Å². The molecule has 0 spiro atoms. The van der Waals surface area contributed by atoms with Gasteiger partial charge in [0.15, 0.2) is 0 Å². The summed E-state index contributed by atoms with van der Waals surface area (Å²) in [7, 11) is 3.12. The Balaban J connectivity index is 1.92.